The summed E-state index contributed by atoms with van der Waals surface area (Å²) < 4.78 is 5.46. The third-order valence-electron chi connectivity index (χ3n) is 4.41. The maximum atomic E-state index is 5.46. The van der Waals surface area contributed by atoms with E-state index < -0.39 is 0 Å². The molecule has 0 aliphatic rings. The molecule has 0 heterocycles. The van der Waals surface area contributed by atoms with Crippen LogP contribution in [0.1, 0.15) is 45.7 Å². The number of nitrogens with one attached hydrogen (secondary N) is 2. The SMILES string of the molecule is CCNC(=NCc1ccccc1CN(C)C(C)C)NCC(C)(C)OC.I. The van der Waals surface area contributed by atoms with E-state index in [-0.39, 0.29) is 29.6 Å². The fourth-order valence-electron chi connectivity index (χ4n) is 2.19. The van der Waals surface area contributed by atoms with E-state index in [2.05, 4.69) is 81.5 Å². The average molecular weight is 476 g/mol. The van der Waals surface area contributed by atoms with Crippen molar-refractivity contribution in [3.8, 4) is 0 Å². The summed E-state index contributed by atoms with van der Waals surface area (Å²) in [5.41, 5.74) is 2.36. The predicted molar refractivity (Wildman–Crippen MR) is 122 cm³/mol. The van der Waals surface area contributed by atoms with Gasteiger partial charge < -0.3 is 15.4 Å². The first-order valence-electron chi connectivity index (χ1n) is 9.13. The van der Waals surface area contributed by atoms with E-state index >= 15 is 0 Å². The molecule has 0 aromatic heterocycles. The lowest BCUT2D eigenvalue weighted by Gasteiger charge is -2.24. The monoisotopic (exact) mass is 476 g/mol. The van der Waals surface area contributed by atoms with Crippen molar-refractivity contribution in [2.45, 2.75) is 59.4 Å². The van der Waals surface area contributed by atoms with Gasteiger partial charge in [0, 0.05) is 32.8 Å². The number of nitrogens with zero attached hydrogens (tertiary/aromatic N) is 2. The number of hydrogen-bond acceptors (Lipinski definition) is 3. The van der Waals surface area contributed by atoms with E-state index in [4.69, 9.17) is 9.73 Å². The van der Waals surface area contributed by atoms with Gasteiger partial charge in [0.25, 0.3) is 0 Å². The molecule has 0 bridgehead atoms. The van der Waals surface area contributed by atoms with Crippen molar-refractivity contribution in [1.29, 1.82) is 0 Å². The summed E-state index contributed by atoms with van der Waals surface area (Å²) in [5.74, 6) is 0.819. The maximum absolute atomic E-state index is 5.46. The Morgan fingerprint density at radius 1 is 1.19 bits per heavy atom. The van der Waals surface area contributed by atoms with E-state index in [1.165, 1.54) is 11.1 Å². The molecule has 0 aliphatic heterocycles. The first kappa shape index (κ1) is 25.1. The van der Waals surface area contributed by atoms with Crippen LogP contribution >= 0.6 is 24.0 Å². The molecule has 0 atom stereocenters. The third kappa shape index (κ3) is 9.19. The average Bonchev–Trinajstić information content (AvgIpc) is 2.58. The molecular formula is C20H37IN4O. The summed E-state index contributed by atoms with van der Waals surface area (Å²) in [7, 11) is 3.89. The Hall–Kier alpha value is -0.860. The van der Waals surface area contributed by atoms with Gasteiger partial charge >= 0.3 is 0 Å². The molecule has 0 radical (unpaired) electrons. The number of rotatable bonds is 9. The highest BCUT2D eigenvalue weighted by atomic mass is 127. The van der Waals surface area contributed by atoms with Gasteiger partial charge in [-0.05, 0) is 52.8 Å². The lowest BCUT2D eigenvalue weighted by molar-refractivity contribution is 0.0268. The van der Waals surface area contributed by atoms with Gasteiger partial charge in [-0.15, -0.1) is 24.0 Å². The Balaban J connectivity index is 0.00000625. The van der Waals surface area contributed by atoms with Gasteiger partial charge in [0.05, 0.1) is 12.1 Å². The van der Waals surface area contributed by atoms with Gasteiger partial charge in [-0.3, -0.25) is 4.90 Å². The number of ether oxygens (including phenoxy) is 1. The first-order chi connectivity index (χ1) is 11.8. The molecule has 0 fully saturated rings. The molecule has 1 aromatic carbocycles. The van der Waals surface area contributed by atoms with Crippen molar-refractivity contribution >= 4 is 29.9 Å². The zero-order chi connectivity index (χ0) is 18.9. The lowest BCUT2D eigenvalue weighted by Crippen LogP contribution is -2.45. The van der Waals surface area contributed by atoms with E-state index in [0.29, 0.717) is 19.1 Å². The van der Waals surface area contributed by atoms with Gasteiger partial charge in [-0.1, -0.05) is 24.3 Å². The van der Waals surface area contributed by atoms with Crippen molar-refractivity contribution in [2.24, 2.45) is 4.99 Å². The number of aliphatic imine (C=N–C) groups is 1. The van der Waals surface area contributed by atoms with E-state index in [1.54, 1.807) is 7.11 Å². The molecule has 6 heteroatoms. The van der Waals surface area contributed by atoms with Crippen molar-refractivity contribution in [3.05, 3.63) is 35.4 Å². The van der Waals surface area contributed by atoms with Crippen LogP contribution in [-0.4, -0.2) is 49.7 Å². The smallest absolute Gasteiger partial charge is 0.191 e. The van der Waals surface area contributed by atoms with Gasteiger partial charge in [-0.2, -0.15) is 0 Å². The second-order valence-electron chi connectivity index (χ2n) is 7.29. The summed E-state index contributed by atoms with van der Waals surface area (Å²) in [6.07, 6.45) is 0. The quantitative estimate of drug-likeness (QED) is 0.325. The highest BCUT2D eigenvalue weighted by Gasteiger charge is 2.16. The van der Waals surface area contributed by atoms with Crippen LogP contribution in [0.3, 0.4) is 0 Å². The molecule has 2 N–H and O–H groups in total. The molecule has 26 heavy (non-hydrogen) atoms. The van der Waals surface area contributed by atoms with Gasteiger partial charge in [0.1, 0.15) is 0 Å². The summed E-state index contributed by atoms with van der Waals surface area (Å²) in [4.78, 5) is 7.09. The highest BCUT2D eigenvalue weighted by Crippen LogP contribution is 2.13. The number of benzene rings is 1. The van der Waals surface area contributed by atoms with Crippen LogP contribution in [0.25, 0.3) is 0 Å². The fraction of sp³-hybridized carbons (Fsp3) is 0.650. The largest absolute Gasteiger partial charge is 0.377 e. The van der Waals surface area contributed by atoms with Crippen LogP contribution < -0.4 is 10.6 Å². The van der Waals surface area contributed by atoms with Gasteiger partial charge in [0.2, 0.25) is 0 Å². The van der Waals surface area contributed by atoms with E-state index in [9.17, 15) is 0 Å². The van der Waals surface area contributed by atoms with Gasteiger partial charge in [-0.25, -0.2) is 4.99 Å². The number of hydrogen-bond donors (Lipinski definition) is 2. The van der Waals surface area contributed by atoms with Crippen LogP contribution in [0.15, 0.2) is 29.3 Å². The second-order valence-corrected chi connectivity index (χ2v) is 7.29. The Kier molecular flexibility index (Phi) is 12.1. The molecule has 150 valence electrons. The van der Waals surface area contributed by atoms with Crippen LogP contribution in [0.5, 0.6) is 0 Å². The Bertz CT molecular complexity index is 546. The van der Waals surface area contributed by atoms with Crippen LogP contribution in [0.2, 0.25) is 0 Å². The minimum absolute atomic E-state index is 0. The number of guanidine groups is 1. The molecule has 1 rings (SSSR count). The van der Waals surface area contributed by atoms with E-state index in [0.717, 1.165) is 19.0 Å². The lowest BCUT2D eigenvalue weighted by atomic mass is 10.1. The molecule has 0 saturated heterocycles. The molecule has 5 nitrogen and oxygen atoms in total. The van der Waals surface area contributed by atoms with Gasteiger partial charge in [0.15, 0.2) is 5.96 Å². The number of halogens is 1. The normalized spacial score (nSPS) is 12.3. The molecule has 1 aromatic rings. The highest BCUT2D eigenvalue weighted by molar-refractivity contribution is 14.0. The number of methoxy groups -OCH3 is 1. The zero-order valence-corrected chi connectivity index (χ0v) is 19.8. The standard InChI is InChI=1S/C20H36N4O.HI/c1-8-21-19(23-15-20(4,5)25-7)22-13-17-11-9-10-12-18(17)14-24(6)16(2)3;/h9-12,16H,8,13-15H2,1-7H3,(H2,21,22,23);1H. The van der Waals surface area contributed by atoms with Crippen molar-refractivity contribution < 1.29 is 4.74 Å². The summed E-state index contributed by atoms with van der Waals surface area (Å²) >= 11 is 0. The molecule has 0 saturated carbocycles. The minimum Gasteiger partial charge on any atom is -0.377 e. The molecular weight excluding hydrogens is 439 g/mol. The third-order valence-corrected chi connectivity index (χ3v) is 4.41. The topological polar surface area (TPSA) is 48.9 Å². The van der Waals surface area contributed by atoms with Crippen molar-refractivity contribution in [1.82, 2.24) is 15.5 Å². The van der Waals surface area contributed by atoms with Crippen LogP contribution in [-0.2, 0) is 17.8 Å². The zero-order valence-electron chi connectivity index (χ0n) is 17.4. The van der Waals surface area contributed by atoms with Crippen molar-refractivity contribution in [2.75, 3.05) is 27.2 Å². The summed E-state index contributed by atoms with van der Waals surface area (Å²) in [5, 5.41) is 6.66. The minimum atomic E-state index is -0.228. The Morgan fingerprint density at radius 2 is 1.81 bits per heavy atom. The molecule has 0 unspecified atom stereocenters. The Labute approximate surface area is 177 Å². The van der Waals surface area contributed by atoms with Crippen LogP contribution in [0.4, 0.5) is 0 Å². The molecule has 0 spiro atoms. The van der Waals surface area contributed by atoms with E-state index in [1.807, 2.05) is 0 Å². The maximum Gasteiger partial charge on any atom is 0.191 e. The predicted octanol–water partition coefficient (Wildman–Crippen LogP) is 3.62. The summed E-state index contributed by atoms with van der Waals surface area (Å²) in [6, 6.07) is 9.06. The fourth-order valence-corrected chi connectivity index (χ4v) is 2.19. The molecule has 0 amide bonds. The van der Waals surface area contributed by atoms with Crippen LogP contribution in [0, 0.1) is 0 Å². The second kappa shape index (κ2) is 12.5. The van der Waals surface area contributed by atoms with Crippen molar-refractivity contribution in [3.63, 3.8) is 0 Å². The molecule has 0 aliphatic carbocycles. The first-order valence-corrected chi connectivity index (χ1v) is 9.13. The summed E-state index contributed by atoms with van der Waals surface area (Å²) in [6.45, 7) is 13.7. The Morgan fingerprint density at radius 3 is 2.35 bits per heavy atom.